The first-order chi connectivity index (χ1) is 7.29. The Hall–Kier alpha value is -0.940. The molecule has 0 radical (unpaired) electrons. The fraction of sp³-hybridized carbons (Fsp3) is 0.200. The largest absolute Gasteiger partial charge is 0.365 e. The molecule has 0 aromatic carbocycles. The Balaban J connectivity index is 2.21. The summed E-state index contributed by atoms with van der Waals surface area (Å²) in [7, 11) is 1.87. The van der Waals surface area contributed by atoms with E-state index in [4.69, 9.17) is 0 Å². The fourth-order valence-electron chi connectivity index (χ4n) is 1.24. The van der Waals surface area contributed by atoms with Crippen LogP contribution in [0.2, 0.25) is 0 Å². The number of nitrogens with zero attached hydrogens (tertiary/aromatic N) is 2. The summed E-state index contributed by atoms with van der Waals surface area (Å²) in [5.74, 6) is 0. The van der Waals surface area contributed by atoms with E-state index in [2.05, 4.69) is 37.3 Å². The molecule has 0 aliphatic heterocycles. The van der Waals surface area contributed by atoms with E-state index in [9.17, 15) is 0 Å². The second-order valence-corrected chi connectivity index (χ2v) is 4.86. The van der Waals surface area contributed by atoms with Gasteiger partial charge >= 0.3 is 0 Å². The van der Waals surface area contributed by atoms with E-state index in [0.717, 1.165) is 16.2 Å². The van der Waals surface area contributed by atoms with E-state index in [1.165, 1.54) is 10.4 Å². The van der Waals surface area contributed by atoms with Crippen molar-refractivity contribution in [2.75, 3.05) is 12.4 Å². The highest BCUT2D eigenvalue weighted by atomic mass is 79.9. The molecule has 2 aromatic rings. The number of nitrogens with one attached hydrogen (secondary N) is 1. The van der Waals surface area contributed by atoms with Crippen LogP contribution >= 0.6 is 27.3 Å². The number of anilines is 1. The Morgan fingerprint density at radius 2 is 2.40 bits per heavy atom. The zero-order valence-electron chi connectivity index (χ0n) is 8.20. The molecule has 0 aliphatic carbocycles. The van der Waals surface area contributed by atoms with Crippen molar-refractivity contribution in [3.05, 3.63) is 39.6 Å². The van der Waals surface area contributed by atoms with Crippen LogP contribution in [-0.4, -0.2) is 17.0 Å². The van der Waals surface area contributed by atoms with Gasteiger partial charge in [-0.3, -0.25) is 4.98 Å². The van der Waals surface area contributed by atoms with Gasteiger partial charge in [-0.25, -0.2) is 4.98 Å². The number of halogens is 1. The Labute approximate surface area is 101 Å². The SMILES string of the molecule is CNc1nc(Br)c(Cc2cccnc2)s1. The van der Waals surface area contributed by atoms with Crippen LogP contribution in [0.15, 0.2) is 29.1 Å². The predicted octanol–water partition coefficient (Wildman–Crippen LogP) is 2.93. The number of pyridine rings is 1. The Morgan fingerprint density at radius 1 is 1.53 bits per heavy atom. The molecule has 0 aliphatic rings. The van der Waals surface area contributed by atoms with Gasteiger partial charge in [0.15, 0.2) is 5.13 Å². The van der Waals surface area contributed by atoms with Crippen molar-refractivity contribution in [3.8, 4) is 0 Å². The van der Waals surface area contributed by atoms with Gasteiger partial charge in [0.1, 0.15) is 4.60 Å². The molecule has 3 nitrogen and oxygen atoms in total. The van der Waals surface area contributed by atoms with E-state index in [-0.39, 0.29) is 0 Å². The second-order valence-electron chi connectivity index (χ2n) is 3.02. The molecule has 2 heterocycles. The topological polar surface area (TPSA) is 37.8 Å². The van der Waals surface area contributed by atoms with Gasteiger partial charge in [0.05, 0.1) is 0 Å². The molecule has 0 saturated carbocycles. The van der Waals surface area contributed by atoms with E-state index in [1.54, 1.807) is 17.5 Å². The molecule has 2 rings (SSSR count). The number of aromatic nitrogens is 2. The lowest BCUT2D eigenvalue weighted by molar-refractivity contribution is 1.15. The first-order valence-corrected chi connectivity index (χ1v) is 6.12. The lowest BCUT2D eigenvalue weighted by atomic mass is 10.2. The predicted molar refractivity (Wildman–Crippen MR) is 66.4 cm³/mol. The van der Waals surface area contributed by atoms with Crippen molar-refractivity contribution in [2.45, 2.75) is 6.42 Å². The van der Waals surface area contributed by atoms with E-state index in [0.29, 0.717) is 0 Å². The molecule has 78 valence electrons. The molecule has 2 aromatic heterocycles. The average Bonchev–Trinajstić information content (AvgIpc) is 2.61. The molecule has 0 spiro atoms. The van der Waals surface area contributed by atoms with Gasteiger partial charge in [-0.2, -0.15) is 0 Å². The first kappa shape index (κ1) is 10.6. The van der Waals surface area contributed by atoms with Crippen molar-refractivity contribution in [3.63, 3.8) is 0 Å². The number of hydrogen-bond donors (Lipinski definition) is 1. The molecule has 0 atom stereocenters. The minimum Gasteiger partial charge on any atom is -0.365 e. The summed E-state index contributed by atoms with van der Waals surface area (Å²) in [4.78, 5) is 9.63. The van der Waals surface area contributed by atoms with Crippen LogP contribution in [0.5, 0.6) is 0 Å². The normalized spacial score (nSPS) is 10.3. The van der Waals surface area contributed by atoms with Gasteiger partial charge in [-0.1, -0.05) is 6.07 Å². The maximum atomic E-state index is 4.33. The zero-order valence-corrected chi connectivity index (χ0v) is 10.6. The highest BCUT2D eigenvalue weighted by Crippen LogP contribution is 2.28. The third kappa shape index (κ3) is 2.54. The van der Waals surface area contributed by atoms with Gasteiger partial charge in [0, 0.05) is 30.7 Å². The molecule has 0 amide bonds. The van der Waals surface area contributed by atoms with E-state index < -0.39 is 0 Å². The second kappa shape index (κ2) is 4.72. The van der Waals surface area contributed by atoms with Gasteiger partial charge < -0.3 is 5.32 Å². The summed E-state index contributed by atoms with van der Waals surface area (Å²) in [5, 5.41) is 3.97. The van der Waals surface area contributed by atoms with E-state index in [1.807, 2.05) is 19.3 Å². The smallest absolute Gasteiger partial charge is 0.183 e. The fourth-order valence-corrected chi connectivity index (χ4v) is 2.76. The van der Waals surface area contributed by atoms with E-state index >= 15 is 0 Å². The third-order valence-corrected chi connectivity index (χ3v) is 3.94. The Kier molecular flexibility index (Phi) is 3.33. The summed E-state index contributed by atoms with van der Waals surface area (Å²) >= 11 is 5.11. The minimum atomic E-state index is 0.869. The average molecular weight is 284 g/mol. The summed E-state index contributed by atoms with van der Waals surface area (Å²) in [5.41, 5.74) is 1.20. The summed E-state index contributed by atoms with van der Waals surface area (Å²) < 4.78 is 0.917. The Bertz CT molecular complexity index is 441. The van der Waals surface area contributed by atoms with Crippen molar-refractivity contribution in [1.82, 2.24) is 9.97 Å². The van der Waals surface area contributed by atoms with Crippen LogP contribution in [0.1, 0.15) is 10.4 Å². The van der Waals surface area contributed by atoms with Crippen LogP contribution in [0.3, 0.4) is 0 Å². The monoisotopic (exact) mass is 283 g/mol. The van der Waals surface area contributed by atoms with Crippen molar-refractivity contribution in [2.24, 2.45) is 0 Å². The van der Waals surface area contributed by atoms with Gasteiger partial charge in [-0.15, -0.1) is 11.3 Å². The summed E-state index contributed by atoms with van der Waals surface area (Å²) in [6.07, 6.45) is 4.53. The molecule has 0 unspecified atom stereocenters. The van der Waals surface area contributed by atoms with Crippen molar-refractivity contribution in [1.29, 1.82) is 0 Å². The number of thiazole rings is 1. The molecule has 1 N–H and O–H groups in total. The maximum Gasteiger partial charge on any atom is 0.183 e. The Morgan fingerprint density at radius 3 is 3.00 bits per heavy atom. The highest BCUT2D eigenvalue weighted by Gasteiger charge is 2.08. The lowest BCUT2D eigenvalue weighted by Crippen LogP contribution is -1.86. The lowest BCUT2D eigenvalue weighted by Gasteiger charge is -1.96. The maximum absolute atomic E-state index is 4.33. The quantitative estimate of drug-likeness (QED) is 0.941. The van der Waals surface area contributed by atoms with Crippen LogP contribution < -0.4 is 5.32 Å². The molecule has 0 saturated heterocycles. The molecule has 15 heavy (non-hydrogen) atoms. The van der Waals surface area contributed by atoms with Crippen LogP contribution in [0.25, 0.3) is 0 Å². The molecular formula is C10H10BrN3S. The van der Waals surface area contributed by atoms with Crippen molar-refractivity contribution >= 4 is 32.4 Å². The van der Waals surface area contributed by atoms with Gasteiger partial charge in [0.25, 0.3) is 0 Å². The summed E-state index contributed by atoms with van der Waals surface area (Å²) in [6.45, 7) is 0. The van der Waals surface area contributed by atoms with Crippen molar-refractivity contribution < 1.29 is 0 Å². The van der Waals surface area contributed by atoms with Crippen LogP contribution in [0, 0.1) is 0 Å². The highest BCUT2D eigenvalue weighted by molar-refractivity contribution is 9.10. The third-order valence-electron chi connectivity index (χ3n) is 1.95. The summed E-state index contributed by atoms with van der Waals surface area (Å²) in [6, 6.07) is 4.02. The molecule has 0 fully saturated rings. The first-order valence-electron chi connectivity index (χ1n) is 4.51. The van der Waals surface area contributed by atoms with Gasteiger partial charge in [-0.05, 0) is 27.6 Å². The molecular weight excluding hydrogens is 274 g/mol. The van der Waals surface area contributed by atoms with Gasteiger partial charge in [0.2, 0.25) is 0 Å². The van der Waals surface area contributed by atoms with Crippen LogP contribution in [-0.2, 0) is 6.42 Å². The molecule has 5 heteroatoms. The van der Waals surface area contributed by atoms with Crippen LogP contribution in [0.4, 0.5) is 5.13 Å². The minimum absolute atomic E-state index is 0.869. The zero-order chi connectivity index (χ0) is 10.7. The number of hydrogen-bond acceptors (Lipinski definition) is 4. The number of rotatable bonds is 3. The molecule has 0 bridgehead atoms. The standard InChI is InChI=1S/C10H10BrN3S/c1-12-10-14-9(11)8(15-10)5-7-3-2-4-13-6-7/h2-4,6H,5H2,1H3,(H,12,14).